The van der Waals surface area contributed by atoms with Crippen molar-refractivity contribution in [1.29, 1.82) is 5.26 Å². The molecule has 1 aliphatic carbocycles. The Balaban J connectivity index is 2.04. The van der Waals surface area contributed by atoms with E-state index in [2.05, 4.69) is 18.2 Å². The Bertz CT molecular complexity index is 951. The number of aromatic nitrogens is 1. The zero-order chi connectivity index (χ0) is 17.2. The average molecular weight is 347 g/mol. The molecular weight excluding hydrogens is 328 g/mol. The summed E-state index contributed by atoms with van der Waals surface area (Å²) in [5, 5.41) is 11.6. The summed E-state index contributed by atoms with van der Waals surface area (Å²) in [6.07, 6.45) is 5.96. The maximum absolute atomic E-state index is 10.00. The van der Waals surface area contributed by atoms with E-state index in [9.17, 15) is 5.26 Å². The van der Waals surface area contributed by atoms with Gasteiger partial charge in [-0.05, 0) is 36.6 Å². The van der Waals surface area contributed by atoms with Crippen LogP contribution in [0.4, 0.5) is 0 Å². The molecule has 0 aliphatic heterocycles. The molecule has 3 heteroatoms. The van der Waals surface area contributed by atoms with E-state index >= 15 is 0 Å². The molecule has 1 fully saturated rings. The second-order valence-electron chi connectivity index (χ2n) is 6.72. The highest BCUT2D eigenvalue weighted by Crippen LogP contribution is 2.40. The third kappa shape index (κ3) is 3.01. The van der Waals surface area contributed by atoms with Gasteiger partial charge >= 0.3 is 0 Å². The fourth-order valence-corrected chi connectivity index (χ4v) is 4.12. The quantitative estimate of drug-likeness (QED) is 0.532. The molecule has 1 aromatic heterocycles. The van der Waals surface area contributed by atoms with Crippen LogP contribution >= 0.6 is 11.6 Å². The highest BCUT2D eigenvalue weighted by atomic mass is 35.5. The van der Waals surface area contributed by atoms with Crippen LogP contribution in [0.5, 0.6) is 0 Å². The predicted octanol–water partition coefficient (Wildman–Crippen LogP) is 6.47. The van der Waals surface area contributed by atoms with Crippen molar-refractivity contribution in [1.82, 2.24) is 4.98 Å². The van der Waals surface area contributed by atoms with Gasteiger partial charge < -0.3 is 0 Å². The summed E-state index contributed by atoms with van der Waals surface area (Å²) in [5.74, 6) is 0.381. The maximum atomic E-state index is 10.00. The van der Waals surface area contributed by atoms with Crippen LogP contribution in [0, 0.1) is 11.3 Å². The van der Waals surface area contributed by atoms with Gasteiger partial charge in [0.1, 0.15) is 6.07 Å². The van der Waals surface area contributed by atoms with Crippen molar-refractivity contribution in [3.63, 3.8) is 0 Å². The van der Waals surface area contributed by atoms with Gasteiger partial charge in [0, 0.05) is 21.9 Å². The molecule has 4 rings (SSSR count). The topological polar surface area (TPSA) is 36.7 Å². The molecule has 0 unspecified atom stereocenters. The number of halogens is 1. The first-order valence-corrected chi connectivity index (χ1v) is 9.24. The summed E-state index contributed by atoms with van der Waals surface area (Å²) in [4.78, 5) is 4.92. The van der Waals surface area contributed by atoms with Gasteiger partial charge in [-0.2, -0.15) is 5.26 Å². The van der Waals surface area contributed by atoms with Crippen molar-refractivity contribution in [3.8, 4) is 17.2 Å². The second-order valence-corrected chi connectivity index (χ2v) is 7.16. The van der Waals surface area contributed by atoms with E-state index in [1.165, 1.54) is 19.3 Å². The van der Waals surface area contributed by atoms with Crippen molar-refractivity contribution in [2.75, 3.05) is 0 Å². The van der Waals surface area contributed by atoms with Crippen molar-refractivity contribution >= 4 is 22.5 Å². The van der Waals surface area contributed by atoms with Crippen molar-refractivity contribution < 1.29 is 0 Å². The highest BCUT2D eigenvalue weighted by Gasteiger charge is 2.24. The minimum Gasteiger partial charge on any atom is -0.251 e. The Morgan fingerprint density at radius 1 is 1.00 bits per heavy atom. The lowest BCUT2D eigenvalue weighted by Gasteiger charge is -2.24. The molecule has 0 spiro atoms. The highest BCUT2D eigenvalue weighted by molar-refractivity contribution is 6.31. The molecule has 0 bridgehead atoms. The average Bonchev–Trinajstić information content (AvgIpc) is 2.68. The molecule has 0 N–H and O–H groups in total. The Hall–Kier alpha value is -2.37. The minimum atomic E-state index is 0.381. The lowest BCUT2D eigenvalue weighted by Crippen LogP contribution is -2.10. The summed E-state index contributed by atoms with van der Waals surface area (Å²) in [7, 11) is 0. The van der Waals surface area contributed by atoms with E-state index < -0.39 is 0 Å². The Morgan fingerprint density at radius 2 is 1.76 bits per heavy atom. The third-order valence-corrected chi connectivity index (χ3v) is 5.38. The van der Waals surface area contributed by atoms with Crippen LogP contribution in [0.3, 0.4) is 0 Å². The van der Waals surface area contributed by atoms with Crippen molar-refractivity contribution in [2.24, 2.45) is 0 Å². The zero-order valence-electron chi connectivity index (χ0n) is 14.0. The van der Waals surface area contributed by atoms with E-state index in [0.29, 0.717) is 16.5 Å². The fraction of sp³-hybridized carbons (Fsp3) is 0.273. The molecule has 3 aromatic rings. The van der Waals surface area contributed by atoms with Gasteiger partial charge in [0.15, 0.2) is 0 Å². The van der Waals surface area contributed by atoms with Gasteiger partial charge in [0.25, 0.3) is 0 Å². The van der Waals surface area contributed by atoms with E-state index in [4.69, 9.17) is 16.6 Å². The monoisotopic (exact) mass is 346 g/mol. The van der Waals surface area contributed by atoms with Crippen LogP contribution in [0.25, 0.3) is 22.0 Å². The van der Waals surface area contributed by atoms with Crippen LogP contribution in [-0.4, -0.2) is 4.98 Å². The minimum absolute atomic E-state index is 0.381. The molecule has 25 heavy (non-hydrogen) atoms. The lowest BCUT2D eigenvalue weighted by atomic mass is 9.82. The first kappa shape index (κ1) is 16.1. The van der Waals surface area contributed by atoms with E-state index in [1.807, 2.05) is 36.4 Å². The molecule has 1 saturated carbocycles. The number of pyridine rings is 1. The Labute approximate surface area is 153 Å². The number of nitrogens with zero attached hydrogens (tertiary/aromatic N) is 2. The van der Waals surface area contributed by atoms with Crippen LogP contribution in [0.15, 0.2) is 48.5 Å². The number of hydrogen-bond acceptors (Lipinski definition) is 2. The number of benzene rings is 2. The second kappa shape index (κ2) is 6.86. The SMILES string of the molecule is N#Cc1c(C2CCCCC2)nc2ccc(Cl)cc2c1-c1ccccc1. The molecule has 0 atom stereocenters. The summed E-state index contributed by atoms with van der Waals surface area (Å²) in [6, 6.07) is 18.4. The Morgan fingerprint density at radius 3 is 2.48 bits per heavy atom. The Kier molecular flexibility index (Phi) is 4.42. The molecular formula is C22H19ClN2. The number of rotatable bonds is 2. The van der Waals surface area contributed by atoms with Crippen molar-refractivity contribution in [2.45, 2.75) is 38.0 Å². The fourth-order valence-electron chi connectivity index (χ4n) is 3.94. The van der Waals surface area contributed by atoms with Gasteiger partial charge in [0.2, 0.25) is 0 Å². The summed E-state index contributed by atoms with van der Waals surface area (Å²) >= 11 is 6.25. The molecule has 2 nitrogen and oxygen atoms in total. The first-order valence-electron chi connectivity index (χ1n) is 8.86. The molecule has 1 heterocycles. The molecule has 1 aliphatic rings. The smallest absolute Gasteiger partial charge is 0.102 e. The molecule has 0 radical (unpaired) electrons. The maximum Gasteiger partial charge on any atom is 0.102 e. The standard InChI is InChI=1S/C22H19ClN2/c23-17-11-12-20-18(13-17)21(15-7-3-1-4-8-15)19(14-24)22(25-20)16-9-5-2-6-10-16/h1,3-4,7-8,11-13,16H,2,5-6,9-10H2. The van der Waals surface area contributed by atoms with Gasteiger partial charge in [-0.15, -0.1) is 0 Å². The lowest BCUT2D eigenvalue weighted by molar-refractivity contribution is 0.437. The summed E-state index contributed by atoms with van der Waals surface area (Å²) in [6.45, 7) is 0. The van der Waals surface area contributed by atoms with E-state index in [1.54, 1.807) is 0 Å². The van der Waals surface area contributed by atoms with Crippen LogP contribution in [-0.2, 0) is 0 Å². The first-order chi connectivity index (χ1) is 12.3. The number of fused-ring (bicyclic) bond motifs is 1. The predicted molar refractivity (Wildman–Crippen MR) is 103 cm³/mol. The largest absolute Gasteiger partial charge is 0.251 e. The molecule has 0 amide bonds. The van der Waals surface area contributed by atoms with Crippen LogP contribution in [0.2, 0.25) is 5.02 Å². The molecule has 0 saturated heterocycles. The van der Waals surface area contributed by atoms with Crippen molar-refractivity contribution in [3.05, 3.63) is 64.8 Å². The number of hydrogen-bond donors (Lipinski definition) is 0. The van der Waals surface area contributed by atoms with Crippen LogP contribution < -0.4 is 0 Å². The third-order valence-electron chi connectivity index (χ3n) is 5.14. The normalized spacial score (nSPS) is 15.2. The van der Waals surface area contributed by atoms with Gasteiger partial charge in [0.05, 0.1) is 16.8 Å². The van der Waals surface area contributed by atoms with E-state index in [0.717, 1.165) is 40.6 Å². The number of nitriles is 1. The molecule has 124 valence electrons. The summed E-state index contributed by atoms with van der Waals surface area (Å²) < 4.78 is 0. The van der Waals surface area contributed by atoms with Gasteiger partial charge in [-0.3, -0.25) is 4.98 Å². The zero-order valence-corrected chi connectivity index (χ0v) is 14.8. The van der Waals surface area contributed by atoms with E-state index in [-0.39, 0.29) is 0 Å². The molecule has 2 aromatic carbocycles. The van der Waals surface area contributed by atoms with Gasteiger partial charge in [-0.1, -0.05) is 61.2 Å². The van der Waals surface area contributed by atoms with Crippen LogP contribution in [0.1, 0.15) is 49.3 Å². The summed E-state index contributed by atoms with van der Waals surface area (Å²) in [5.41, 5.74) is 4.62. The van der Waals surface area contributed by atoms with Gasteiger partial charge in [-0.25, -0.2) is 0 Å².